The van der Waals surface area contributed by atoms with Crippen molar-refractivity contribution in [3.63, 3.8) is 0 Å². The molecule has 4 aromatic rings. The molecule has 2 heterocycles. The SMILES string of the molecule is Oc1cc(Cc2nn[nH]n2)cc(C(F)(F)F)c1.Oc1cc(Cl)cc(Cc2nn[nH]n2)c1. The van der Waals surface area contributed by atoms with Crippen LogP contribution in [0.5, 0.6) is 11.5 Å². The van der Waals surface area contributed by atoms with Crippen molar-refractivity contribution >= 4 is 11.6 Å². The molecule has 0 aliphatic rings. The van der Waals surface area contributed by atoms with Crippen LogP contribution in [0.2, 0.25) is 5.02 Å². The number of hydrogen-bond donors (Lipinski definition) is 4. The van der Waals surface area contributed by atoms with Gasteiger partial charge < -0.3 is 10.2 Å². The molecule has 0 aliphatic carbocycles. The summed E-state index contributed by atoms with van der Waals surface area (Å²) in [5.74, 6) is 0.504. The molecule has 0 fully saturated rings. The van der Waals surface area contributed by atoms with Gasteiger partial charge in [0.25, 0.3) is 0 Å². The molecule has 10 nitrogen and oxygen atoms in total. The molecule has 0 saturated heterocycles. The molecule has 2 aromatic carbocycles. The zero-order valence-corrected chi connectivity index (χ0v) is 16.2. The number of halogens is 4. The molecule has 4 N–H and O–H groups in total. The van der Waals surface area contributed by atoms with E-state index in [0.29, 0.717) is 23.3 Å². The molecule has 31 heavy (non-hydrogen) atoms. The number of phenolic OH excluding ortho intramolecular Hbond substituents is 2. The van der Waals surface area contributed by atoms with Crippen molar-refractivity contribution in [2.45, 2.75) is 19.0 Å². The maximum atomic E-state index is 12.5. The number of benzene rings is 2. The summed E-state index contributed by atoms with van der Waals surface area (Å²) in [6.45, 7) is 0. The lowest BCUT2D eigenvalue weighted by molar-refractivity contribution is -0.137. The van der Waals surface area contributed by atoms with Crippen LogP contribution in [0.3, 0.4) is 0 Å². The number of nitrogens with zero attached hydrogens (tertiary/aromatic N) is 6. The second-order valence-electron chi connectivity index (χ2n) is 6.21. The zero-order chi connectivity index (χ0) is 22.4. The standard InChI is InChI=1S/C9H7F3N4O.C8H7ClN4O/c10-9(11,12)6-1-5(2-7(17)4-6)3-8-13-15-16-14-8;9-6-1-5(2-7(14)4-6)3-8-10-12-13-11-8/h1-2,4,17H,3H2,(H,13,14,15,16);1-2,4,14H,3H2,(H,10,11,12,13). The summed E-state index contributed by atoms with van der Waals surface area (Å²) in [6.07, 6.45) is -3.94. The van der Waals surface area contributed by atoms with Gasteiger partial charge in [-0.3, -0.25) is 0 Å². The minimum atomic E-state index is -4.50. The van der Waals surface area contributed by atoms with Gasteiger partial charge in [-0.1, -0.05) is 22.0 Å². The normalized spacial score (nSPS) is 11.1. The first kappa shape index (κ1) is 22.0. The van der Waals surface area contributed by atoms with Crippen LogP contribution in [-0.2, 0) is 19.0 Å². The van der Waals surface area contributed by atoms with Crippen LogP contribution >= 0.6 is 11.6 Å². The highest BCUT2D eigenvalue weighted by molar-refractivity contribution is 6.30. The van der Waals surface area contributed by atoms with Gasteiger partial charge >= 0.3 is 6.18 Å². The van der Waals surface area contributed by atoms with Crippen LogP contribution in [0.1, 0.15) is 28.3 Å². The highest BCUT2D eigenvalue weighted by Gasteiger charge is 2.31. The number of alkyl halides is 3. The van der Waals surface area contributed by atoms with Crippen molar-refractivity contribution in [3.8, 4) is 11.5 Å². The smallest absolute Gasteiger partial charge is 0.416 e. The second-order valence-corrected chi connectivity index (χ2v) is 6.65. The van der Waals surface area contributed by atoms with Gasteiger partial charge in [0.2, 0.25) is 0 Å². The topological polar surface area (TPSA) is 149 Å². The number of phenols is 2. The molecule has 14 heteroatoms. The van der Waals surface area contributed by atoms with Gasteiger partial charge in [-0.15, -0.1) is 20.4 Å². The third-order valence-corrected chi connectivity index (χ3v) is 3.97. The molecule has 4 rings (SSSR count). The monoisotopic (exact) mass is 454 g/mol. The lowest BCUT2D eigenvalue weighted by Gasteiger charge is -2.08. The van der Waals surface area contributed by atoms with E-state index in [-0.39, 0.29) is 23.6 Å². The summed E-state index contributed by atoms with van der Waals surface area (Å²) in [4.78, 5) is 0. The molecule has 0 aliphatic heterocycles. The first-order valence-corrected chi connectivity index (χ1v) is 8.90. The third-order valence-electron chi connectivity index (χ3n) is 3.75. The highest BCUT2D eigenvalue weighted by atomic mass is 35.5. The van der Waals surface area contributed by atoms with Gasteiger partial charge in [0.1, 0.15) is 11.5 Å². The van der Waals surface area contributed by atoms with Crippen LogP contribution in [-0.4, -0.2) is 51.5 Å². The fourth-order valence-electron chi connectivity index (χ4n) is 2.56. The molecule has 0 radical (unpaired) electrons. The number of tetrazole rings is 2. The first-order valence-electron chi connectivity index (χ1n) is 8.52. The van der Waals surface area contributed by atoms with Crippen molar-refractivity contribution in [2.75, 3.05) is 0 Å². The van der Waals surface area contributed by atoms with E-state index in [0.717, 1.165) is 11.6 Å². The molecule has 0 amide bonds. The first-order chi connectivity index (χ1) is 14.7. The summed E-state index contributed by atoms with van der Waals surface area (Å²) in [7, 11) is 0. The van der Waals surface area contributed by atoms with E-state index in [1.54, 1.807) is 12.1 Å². The number of rotatable bonds is 4. The number of hydrogen-bond acceptors (Lipinski definition) is 8. The van der Waals surface area contributed by atoms with Crippen LogP contribution in [0.25, 0.3) is 0 Å². The van der Waals surface area contributed by atoms with Crippen LogP contribution in [0, 0.1) is 0 Å². The highest BCUT2D eigenvalue weighted by Crippen LogP contribution is 2.32. The van der Waals surface area contributed by atoms with E-state index >= 15 is 0 Å². The molecule has 0 bridgehead atoms. The predicted octanol–water partition coefficient (Wildman–Crippen LogP) is 2.66. The van der Waals surface area contributed by atoms with E-state index in [4.69, 9.17) is 11.6 Å². The lowest BCUT2D eigenvalue weighted by Crippen LogP contribution is -2.05. The van der Waals surface area contributed by atoms with Crippen molar-refractivity contribution in [1.29, 1.82) is 0 Å². The average Bonchev–Trinajstić information content (AvgIpc) is 3.34. The molecule has 0 spiro atoms. The summed E-state index contributed by atoms with van der Waals surface area (Å²) in [6, 6.07) is 7.67. The fraction of sp³-hybridized carbons (Fsp3) is 0.176. The number of aromatic hydroxyl groups is 2. The van der Waals surface area contributed by atoms with E-state index in [9.17, 15) is 23.4 Å². The van der Waals surface area contributed by atoms with Crippen LogP contribution < -0.4 is 0 Å². The Labute approximate surface area is 177 Å². The molecule has 2 aromatic heterocycles. The van der Waals surface area contributed by atoms with Crippen LogP contribution in [0.4, 0.5) is 13.2 Å². The number of aromatic amines is 2. The van der Waals surface area contributed by atoms with Gasteiger partial charge in [-0.05, 0) is 47.5 Å². The lowest BCUT2D eigenvalue weighted by atomic mass is 10.1. The van der Waals surface area contributed by atoms with Gasteiger partial charge in [0.15, 0.2) is 11.6 Å². The predicted molar refractivity (Wildman–Crippen MR) is 100 cm³/mol. The molecule has 0 saturated carbocycles. The quantitative estimate of drug-likeness (QED) is 0.367. The van der Waals surface area contributed by atoms with Gasteiger partial charge in [-0.25, -0.2) is 0 Å². The zero-order valence-electron chi connectivity index (χ0n) is 15.5. The third kappa shape index (κ3) is 6.64. The summed E-state index contributed by atoms with van der Waals surface area (Å²) >= 11 is 5.77. The number of nitrogens with one attached hydrogen (secondary N) is 2. The van der Waals surface area contributed by atoms with Gasteiger partial charge in [-0.2, -0.15) is 23.6 Å². The van der Waals surface area contributed by atoms with E-state index in [1.807, 2.05) is 0 Å². The van der Waals surface area contributed by atoms with Crippen molar-refractivity contribution < 1.29 is 23.4 Å². The Balaban J connectivity index is 0.000000179. The Kier molecular flexibility index (Phi) is 6.65. The number of H-pyrrole nitrogens is 2. The maximum Gasteiger partial charge on any atom is 0.416 e. The van der Waals surface area contributed by atoms with Crippen molar-refractivity contribution in [1.82, 2.24) is 41.2 Å². The largest absolute Gasteiger partial charge is 0.508 e. The second kappa shape index (κ2) is 9.38. The summed E-state index contributed by atoms with van der Waals surface area (Å²) in [5, 5.41) is 45.1. The van der Waals surface area contributed by atoms with Crippen molar-refractivity contribution in [2.24, 2.45) is 0 Å². The fourth-order valence-corrected chi connectivity index (χ4v) is 2.81. The Morgan fingerprint density at radius 3 is 1.74 bits per heavy atom. The van der Waals surface area contributed by atoms with Gasteiger partial charge in [0.05, 0.1) is 5.56 Å². The van der Waals surface area contributed by atoms with Crippen LogP contribution in [0.15, 0.2) is 36.4 Å². The molecular formula is C17H14ClF3N8O2. The summed E-state index contributed by atoms with van der Waals surface area (Å²) in [5.41, 5.74) is 0.200. The Morgan fingerprint density at radius 1 is 0.774 bits per heavy atom. The Hall–Kier alpha value is -3.74. The van der Waals surface area contributed by atoms with E-state index < -0.39 is 17.5 Å². The molecule has 0 unspecified atom stereocenters. The minimum Gasteiger partial charge on any atom is -0.508 e. The molecular weight excluding hydrogens is 441 g/mol. The Morgan fingerprint density at radius 2 is 1.29 bits per heavy atom. The maximum absolute atomic E-state index is 12.5. The summed E-state index contributed by atoms with van der Waals surface area (Å²) < 4.78 is 37.4. The molecule has 0 atom stereocenters. The molecule has 162 valence electrons. The van der Waals surface area contributed by atoms with E-state index in [2.05, 4.69) is 41.2 Å². The van der Waals surface area contributed by atoms with E-state index in [1.165, 1.54) is 12.1 Å². The Bertz CT molecular complexity index is 1100. The average molecular weight is 455 g/mol. The minimum absolute atomic E-state index is 0.0635. The number of aromatic nitrogens is 8. The van der Waals surface area contributed by atoms with Crippen molar-refractivity contribution in [3.05, 3.63) is 69.8 Å². The van der Waals surface area contributed by atoms with Gasteiger partial charge in [0, 0.05) is 17.9 Å².